The van der Waals surface area contributed by atoms with Crippen LogP contribution < -0.4 is 0 Å². The molecule has 0 aliphatic carbocycles. The number of carboxylic acids is 1. The molecule has 1 N–H and O–H groups in total. The summed E-state index contributed by atoms with van der Waals surface area (Å²) in [6.45, 7) is 2.47. The Hall–Kier alpha value is -1.88. The van der Waals surface area contributed by atoms with Gasteiger partial charge in [-0.2, -0.15) is 0 Å². The molecule has 2 atom stereocenters. The van der Waals surface area contributed by atoms with E-state index in [0.29, 0.717) is 18.5 Å². The Morgan fingerprint density at radius 2 is 2.10 bits per heavy atom. The van der Waals surface area contributed by atoms with Crippen LogP contribution in [0.3, 0.4) is 0 Å². The quantitative estimate of drug-likeness (QED) is 0.926. The number of hydrogen-bond donors (Lipinski definition) is 1. The molecule has 1 aliphatic heterocycles. The van der Waals surface area contributed by atoms with Crippen molar-refractivity contribution in [2.24, 2.45) is 5.92 Å². The molecule has 1 saturated heterocycles. The maximum absolute atomic E-state index is 12.8. The van der Waals surface area contributed by atoms with E-state index in [2.05, 4.69) is 0 Å². The number of aliphatic carboxylic acids is 1. The van der Waals surface area contributed by atoms with Gasteiger partial charge in [0.15, 0.2) is 0 Å². The summed E-state index contributed by atoms with van der Waals surface area (Å²) in [7, 11) is 0. The average molecular weight is 303 g/mol. The van der Waals surface area contributed by atoms with Crippen molar-refractivity contribution >= 4 is 33.3 Å². The van der Waals surface area contributed by atoms with Gasteiger partial charge in [-0.25, -0.2) is 0 Å². The highest BCUT2D eigenvalue weighted by Gasteiger charge is 2.36. The monoisotopic (exact) mass is 303 g/mol. The number of carbonyl (C=O) groups excluding carboxylic acids is 1. The lowest BCUT2D eigenvalue weighted by molar-refractivity contribution is -0.144. The molecule has 1 aromatic heterocycles. The highest BCUT2D eigenvalue weighted by molar-refractivity contribution is 7.17. The molecule has 2 heterocycles. The van der Waals surface area contributed by atoms with Gasteiger partial charge in [-0.05, 0) is 25.8 Å². The number of carbonyl (C=O) groups is 2. The molecule has 21 heavy (non-hydrogen) atoms. The van der Waals surface area contributed by atoms with Gasteiger partial charge >= 0.3 is 5.97 Å². The summed E-state index contributed by atoms with van der Waals surface area (Å²) >= 11 is 1.55. The first-order chi connectivity index (χ1) is 10.1. The van der Waals surface area contributed by atoms with Gasteiger partial charge in [0, 0.05) is 28.1 Å². The van der Waals surface area contributed by atoms with Crippen molar-refractivity contribution in [2.45, 2.75) is 25.8 Å². The zero-order chi connectivity index (χ0) is 15.0. The van der Waals surface area contributed by atoms with Crippen molar-refractivity contribution in [3.8, 4) is 0 Å². The Balaban J connectivity index is 1.92. The molecule has 0 unspecified atom stereocenters. The minimum absolute atomic E-state index is 0.0501. The second-order valence-electron chi connectivity index (χ2n) is 5.47. The van der Waals surface area contributed by atoms with Crippen LogP contribution in [0.2, 0.25) is 0 Å². The lowest BCUT2D eigenvalue weighted by atomic mass is 9.90. The predicted octanol–water partition coefficient (Wildman–Crippen LogP) is 3.23. The van der Waals surface area contributed by atoms with Gasteiger partial charge < -0.3 is 10.0 Å². The molecule has 1 aliphatic rings. The minimum Gasteiger partial charge on any atom is -0.481 e. The summed E-state index contributed by atoms with van der Waals surface area (Å²) in [5.74, 6) is -1.33. The molecule has 5 heteroatoms. The van der Waals surface area contributed by atoms with Crippen LogP contribution in [0.15, 0.2) is 29.6 Å². The summed E-state index contributed by atoms with van der Waals surface area (Å²) in [5.41, 5.74) is 0.688. The molecule has 1 fully saturated rings. The van der Waals surface area contributed by atoms with Crippen molar-refractivity contribution in [1.29, 1.82) is 0 Å². The van der Waals surface area contributed by atoms with Crippen LogP contribution in [-0.2, 0) is 4.79 Å². The molecule has 110 valence electrons. The summed E-state index contributed by atoms with van der Waals surface area (Å²) in [6, 6.07) is 7.56. The summed E-state index contributed by atoms with van der Waals surface area (Å²) in [4.78, 5) is 25.8. The van der Waals surface area contributed by atoms with E-state index in [9.17, 15) is 14.7 Å². The fourth-order valence-corrected chi connectivity index (χ4v) is 3.99. The van der Waals surface area contributed by atoms with Crippen molar-refractivity contribution in [3.63, 3.8) is 0 Å². The molecule has 0 radical (unpaired) electrons. The van der Waals surface area contributed by atoms with Crippen LogP contribution in [0.25, 0.3) is 10.1 Å². The lowest BCUT2D eigenvalue weighted by Gasteiger charge is -2.37. The van der Waals surface area contributed by atoms with Crippen molar-refractivity contribution in [3.05, 3.63) is 35.2 Å². The second-order valence-corrected chi connectivity index (χ2v) is 6.38. The van der Waals surface area contributed by atoms with Gasteiger partial charge in [0.2, 0.25) is 0 Å². The van der Waals surface area contributed by atoms with E-state index in [4.69, 9.17) is 0 Å². The first kappa shape index (κ1) is 14.1. The maximum Gasteiger partial charge on any atom is 0.308 e. The summed E-state index contributed by atoms with van der Waals surface area (Å²) < 4.78 is 1.08. The molecule has 2 aromatic rings. The number of likely N-dealkylation sites (tertiary alicyclic amines) is 1. The molecule has 3 rings (SSSR count). The molecular formula is C16H17NO3S. The molecule has 0 spiro atoms. The van der Waals surface area contributed by atoms with Crippen LogP contribution in [0.5, 0.6) is 0 Å². The molecule has 4 nitrogen and oxygen atoms in total. The van der Waals surface area contributed by atoms with Crippen LogP contribution in [-0.4, -0.2) is 34.5 Å². The fourth-order valence-electron chi connectivity index (χ4n) is 3.06. The number of hydrogen-bond acceptors (Lipinski definition) is 3. The number of rotatable bonds is 2. The lowest BCUT2D eigenvalue weighted by Crippen LogP contribution is -2.49. The molecule has 1 aromatic carbocycles. The largest absolute Gasteiger partial charge is 0.481 e. The van der Waals surface area contributed by atoms with E-state index in [1.807, 2.05) is 36.6 Å². The number of benzene rings is 1. The van der Waals surface area contributed by atoms with E-state index in [1.165, 1.54) is 0 Å². The number of piperidine rings is 1. The van der Waals surface area contributed by atoms with Gasteiger partial charge in [-0.3, -0.25) is 9.59 Å². The molecule has 0 saturated carbocycles. The number of carboxylic acid groups (broad SMARTS) is 1. The third-order valence-electron chi connectivity index (χ3n) is 4.28. The Labute approximate surface area is 127 Å². The van der Waals surface area contributed by atoms with Crippen molar-refractivity contribution < 1.29 is 14.7 Å². The number of thiophene rings is 1. The highest BCUT2D eigenvalue weighted by Crippen LogP contribution is 2.30. The Bertz CT molecular complexity index is 694. The minimum atomic E-state index is -0.810. The third kappa shape index (κ3) is 2.42. The van der Waals surface area contributed by atoms with Crippen LogP contribution in [0.4, 0.5) is 0 Å². The van der Waals surface area contributed by atoms with E-state index in [-0.39, 0.29) is 11.9 Å². The van der Waals surface area contributed by atoms with Gasteiger partial charge in [-0.15, -0.1) is 11.3 Å². The van der Waals surface area contributed by atoms with Gasteiger partial charge in [0.1, 0.15) is 0 Å². The number of fused-ring (bicyclic) bond motifs is 1. The van der Waals surface area contributed by atoms with E-state index < -0.39 is 11.9 Å². The fraction of sp³-hybridized carbons (Fsp3) is 0.375. The Kier molecular flexibility index (Phi) is 3.68. The smallest absolute Gasteiger partial charge is 0.308 e. The second kappa shape index (κ2) is 5.48. The number of amides is 1. The van der Waals surface area contributed by atoms with E-state index in [0.717, 1.165) is 16.5 Å². The summed E-state index contributed by atoms with van der Waals surface area (Å²) in [6.07, 6.45) is 1.39. The average Bonchev–Trinajstić information content (AvgIpc) is 2.90. The van der Waals surface area contributed by atoms with Crippen LogP contribution in [0.1, 0.15) is 30.1 Å². The first-order valence-corrected chi connectivity index (χ1v) is 7.97. The van der Waals surface area contributed by atoms with Crippen LogP contribution in [0, 0.1) is 5.92 Å². The maximum atomic E-state index is 12.8. The van der Waals surface area contributed by atoms with E-state index >= 15 is 0 Å². The zero-order valence-corrected chi connectivity index (χ0v) is 12.6. The third-order valence-corrected chi connectivity index (χ3v) is 5.24. The zero-order valence-electron chi connectivity index (χ0n) is 11.8. The standard InChI is InChI=1S/C16H17NO3S/c1-10-11(16(19)20)6-4-8-17(10)15(18)13-9-21-14-7-3-2-5-12(13)14/h2-3,5,7,9-11H,4,6,8H2,1H3,(H,19,20)/t10-,11-/m1/s1. The summed E-state index contributed by atoms with van der Waals surface area (Å²) in [5, 5.41) is 12.1. The van der Waals surface area contributed by atoms with Crippen LogP contribution >= 0.6 is 11.3 Å². The number of nitrogens with zero attached hydrogens (tertiary/aromatic N) is 1. The highest BCUT2D eigenvalue weighted by atomic mass is 32.1. The van der Waals surface area contributed by atoms with Crippen molar-refractivity contribution in [1.82, 2.24) is 4.90 Å². The normalized spacial score (nSPS) is 22.4. The first-order valence-electron chi connectivity index (χ1n) is 7.09. The molecule has 1 amide bonds. The van der Waals surface area contributed by atoms with Crippen molar-refractivity contribution in [2.75, 3.05) is 6.54 Å². The SMILES string of the molecule is C[C@@H]1[C@H](C(=O)O)CCCN1C(=O)c1csc2ccccc12. The molecular weight excluding hydrogens is 286 g/mol. The van der Waals surface area contributed by atoms with Gasteiger partial charge in [0.25, 0.3) is 5.91 Å². The van der Waals surface area contributed by atoms with E-state index in [1.54, 1.807) is 16.2 Å². The Morgan fingerprint density at radius 3 is 2.86 bits per heavy atom. The molecule has 0 bridgehead atoms. The topological polar surface area (TPSA) is 57.6 Å². The Morgan fingerprint density at radius 1 is 1.33 bits per heavy atom. The van der Waals surface area contributed by atoms with Gasteiger partial charge in [-0.1, -0.05) is 18.2 Å². The van der Waals surface area contributed by atoms with Gasteiger partial charge in [0.05, 0.1) is 11.5 Å². The predicted molar refractivity (Wildman–Crippen MR) is 82.7 cm³/mol.